The third-order valence-electron chi connectivity index (χ3n) is 2.86. The number of amides is 1. The molecule has 2 atom stereocenters. The van der Waals surface area contributed by atoms with Crippen molar-refractivity contribution >= 4 is 12.1 Å². The van der Waals surface area contributed by atoms with Crippen LogP contribution in [0.15, 0.2) is 17.8 Å². The normalized spacial score (nSPS) is 27.3. The van der Waals surface area contributed by atoms with E-state index in [0.717, 1.165) is 4.90 Å². The largest absolute Gasteiger partial charge is 0.481 e. The minimum atomic E-state index is -1.73. The van der Waals surface area contributed by atoms with Crippen molar-refractivity contribution in [2.45, 2.75) is 12.0 Å². The molecule has 1 heterocycles. The molecule has 1 fully saturated rings. The van der Waals surface area contributed by atoms with E-state index in [1.54, 1.807) is 0 Å². The van der Waals surface area contributed by atoms with Crippen molar-refractivity contribution < 1.29 is 19.8 Å². The number of hydrogen-bond donors (Lipinski definition) is 2. The summed E-state index contributed by atoms with van der Waals surface area (Å²) in [6.07, 6.45) is 0.533. The summed E-state index contributed by atoms with van der Waals surface area (Å²) < 4.78 is 0. The summed E-state index contributed by atoms with van der Waals surface area (Å²) in [6.45, 7) is 3.17. The predicted octanol–water partition coefficient (Wildman–Crippen LogP) is 1.31. The van der Waals surface area contributed by atoms with Crippen molar-refractivity contribution in [3.05, 3.63) is 23.1 Å². The van der Waals surface area contributed by atoms with Crippen LogP contribution in [0.3, 0.4) is 0 Å². The number of aliphatic carboxylic acids is 1. The maximum absolute atomic E-state index is 11.2. The van der Waals surface area contributed by atoms with Crippen molar-refractivity contribution in [1.29, 1.82) is 0 Å². The van der Waals surface area contributed by atoms with Crippen molar-refractivity contribution in [3.63, 3.8) is 0 Å². The predicted molar refractivity (Wildman–Crippen MR) is 57.4 cm³/mol. The lowest BCUT2D eigenvalue weighted by atomic mass is 9.85. The Balaban J connectivity index is 3.14. The molecule has 2 N–H and O–H groups in total. The van der Waals surface area contributed by atoms with Gasteiger partial charge in [-0.15, -0.1) is 6.58 Å². The van der Waals surface area contributed by atoms with Gasteiger partial charge in [-0.25, -0.2) is 4.79 Å². The van der Waals surface area contributed by atoms with Crippen LogP contribution in [0.2, 0.25) is 0 Å². The van der Waals surface area contributed by atoms with Crippen LogP contribution in [-0.4, -0.2) is 45.8 Å². The molecule has 17 heavy (non-hydrogen) atoms. The van der Waals surface area contributed by atoms with Gasteiger partial charge in [0.25, 0.3) is 0 Å². The summed E-state index contributed by atoms with van der Waals surface area (Å²) in [5, 5.41) is 21.3. The van der Waals surface area contributed by atoms with Gasteiger partial charge in [0, 0.05) is 23.9 Å². The fourth-order valence-corrected chi connectivity index (χ4v) is 2.00. The molecule has 0 aromatic rings. The Morgan fingerprint density at radius 2 is 2.29 bits per heavy atom. The molecule has 0 aromatic carbocycles. The summed E-state index contributed by atoms with van der Waals surface area (Å²) >= 11 is 0. The first-order valence-electron chi connectivity index (χ1n) is 4.86. The van der Waals surface area contributed by atoms with Gasteiger partial charge in [-0.3, -0.25) is 4.79 Å². The number of carboxylic acids is 1. The third kappa shape index (κ3) is 2.16. The Morgan fingerprint density at radius 3 is 2.71 bits per heavy atom. The van der Waals surface area contributed by atoms with Crippen LogP contribution in [0.1, 0.15) is 6.42 Å². The van der Waals surface area contributed by atoms with Gasteiger partial charge in [0.2, 0.25) is 0 Å². The van der Waals surface area contributed by atoms with Crippen LogP contribution in [0.4, 0.5) is 4.79 Å². The van der Waals surface area contributed by atoms with Crippen molar-refractivity contribution in [1.82, 2.24) is 4.90 Å². The zero-order valence-corrected chi connectivity index (χ0v) is 8.98. The Morgan fingerprint density at radius 1 is 1.65 bits per heavy atom. The van der Waals surface area contributed by atoms with Gasteiger partial charge in [0.15, 0.2) is 5.54 Å². The number of rotatable bonds is 4. The van der Waals surface area contributed by atoms with E-state index in [4.69, 9.17) is 10.6 Å². The van der Waals surface area contributed by atoms with Gasteiger partial charge in [0.05, 0.1) is 0 Å². The standard InChI is InChI=1S/C9H12N4O4/c1-2-3-6-4-13(8(16)17)5-9(6,7(14)15)11-12-10/h2,6H,1,3-5H2,(H,14,15)(H,16,17)/t6-,9-/m0/s1. The van der Waals surface area contributed by atoms with Crippen molar-refractivity contribution in [2.24, 2.45) is 11.0 Å². The van der Waals surface area contributed by atoms with Gasteiger partial charge in [-0.05, 0) is 12.0 Å². The molecule has 0 saturated carbocycles. The minimum absolute atomic E-state index is 0.0205. The molecular weight excluding hydrogens is 228 g/mol. The molecular formula is C9H12N4O4. The fraction of sp³-hybridized carbons (Fsp3) is 0.556. The average molecular weight is 240 g/mol. The molecule has 0 spiro atoms. The Bertz CT molecular complexity index is 400. The third-order valence-corrected chi connectivity index (χ3v) is 2.86. The molecule has 1 amide bonds. The summed E-state index contributed by atoms with van der Waals surface area (Å²) in [7, 11) is 0. The summed E-state index contributed by atoms with van der Waals surface area (Å²) in [6, 6.07) is 0. The van der Waals surface area contributed by atoms with Gasteiger partial charge < -0.3 is 15.1 Å². The smallest absolute Gasteiger partial charge is 0.407 e. The van der Waals surface area contributed by atoms with Crippen LogP contribution in [0.25, 0.3) is 10.4 Å². The molecule has 0 unspecified atom stereocenters. The molecule has 92 valence electrons. The number of nitrogens with zero attached hydrogens (tertiary/aromatic N) is 4. The quantitative estimate of drug-likeness (QED) is 0.332. The molecule has 8 heteroatoms. The molecule has 1 rings (SSSR count). The lowest BCUT2D eigenvalue weighted by molar-refractivity contribution is -0.144. The van der Waals surface area contributed by atoms with Gasteiger partial charge >= 0.3 is 12.1 Å². The number of allylic oxidation sites excluding steroid dienone is 1. The van der Waals surface area contributed by atoms with E-state index in [0.29, 0.717) is 0 Å². The number of carboxylic acid groups (broad SMARTS) is 2. The number of likely N-dealkylation sites (tertiary alicyclic amines) is 1. The van der Waals surface area contributed by atoms with Crippen LogP contribution in [0, 0.1) is 5.92 Å². The molecule has 1 aliphatic rings. The van der Waals surface area contributed by atoms with E-state index in [9.17, 15) is 14.7 Å². The topological polar surface area (TPSA) is 127 Å². The lowest BCUT2D eigenvalue weighted by Crippen LogP contribution is -2.44. The average Bonchev–Trinajstić information content (AvgIpc) is 2.60. The highest BCUT2D eigenvalue weighted by Gasteiger charge is 2.53. The van der Waals surface area contributed by atoms with E-state index in [1.807, 2.05) is 0 Å². The molecule has 1 aliphatic heterocycles. The lowest BCUT2D eigenvalue weighted by Gasteiger charge is -2.23. The van der Waals surface area contributed by atoms with Crippen molar-refractivity contribution in [2.75, 3.05) is 13.1 Å². The van der Waals surface area contributed by atoms with E-state index in [1.165, 1.54) is 6.08 Å². The zero-order valence-electron chi connectivity index (χ0n) is 8.98. The first-order valence-corrected chi connectivity index (χ1v) is 4.86. The van der Waals surface area contributed by atoms with Crippen LogP contribution < -0.4 is 0 Å². The molecule has 8 nitrogen and oxygen atoms in total. The zero-order chi connectivity index (χ0) is 13.1. The van der Waals surface area contributed by atoms with Crippen LogP contribution in [-0.2, 0) is 4.79 Å². The Hall–Kier alpha value is -2.21. The highest BCUT2D eigenvalue weighted by Crippen LogP contribution is 2.34. The monoisotopic (exact) mass is 240 g/mol. The highest BCUT2D eigenvalue weighted by molar-refractivity contribution is 5.82. The maximum Gasteiger partial charge on any atom is 0.407 e. The van der Waals surface area contributed by atoms with Gasteiger partial charge in [0.1, 0.15) is 0 Å². The molecule has 0 radical (unpaired) electrons. The van der Waals surface area contributed by atoms with E-state index in [2.05, 4.69) is 16.6 Å². The first kappa shape index (κ1) is 12.9. The van der Waals surface area contributed by atoms with Gasteiger partial charge in [-0.2, -0.15) is 0 Å². The minimum Gasteiger partial charge on any atom is -0.481 e. The molecule has 0 aliphatic carbocycles. The molecule has 0 aromatic heterocycles. The number of hydrogen-bond acceptors (Lipinski definition) is 3. The highest BCUT2D eigenvalue weighted by atomic mass is 16.4. The van der Waals surface area contributed by atoms with Crippen LogP contribution in [0.5, 0.6) is 0 Å². The Labute approximate surface area is 96.8 Å². The maximum atomic E-state index is 11.2. The van der Waals surface area contributed by atoms with Gasteiger partial charge in [-0.1, -0.05) is 11.2 Å². The fourth-order valence-electron chi connectivity index (χ4n) is 2.00. The van der Waals surface area contributed by atoms with Crippen LogP contribution >= 0.6 is 0 Å². The first-order chi connectivity index (χ1) is 7.97. The number of azide groups is 1. The van der Waals surface area contributed by atoms with E-state index >= 15 is 0 Å². The number of carbonyl (C=O) groups is 2. The SMILES string of the molecule is C=CC[C@H]1CN(C(=O)O)C[C@@]1(N=[N+]=[N-])C(=O)O. The summed E-state index contributed by atoms with van der Waals surface area (Å²) in [5.74, 6) is -1.91. The molecule has 1 saturated heterocycles. The molecule has 0 bridgehead atoms. The van der Waals surface area contributed by atoms with E-state index in [-0.39, 0.29) is 19.5 Å². The Kier molecular flexibility index (Phi) is 3.59. The van der Waals surface area contributed by atoms with Crippen molar-refractivity contribution in [3.8, 4) is 0 Å². The second-order valence-corrected chi connectivity index (χ2v) is 3.80. The second kappa shape index (κ2) is 4.75. The summed E-state index contributed by atoms with van der Waals surface area (Å²) in [4.78, 5) is 25.6. The van der Waals surface area contributed by atoms with E-state index < -0.39 is 23.5 Å². The summed E-state index contributed by atoms with van der Waals surface area (Å²) in [5.41, 5.74) is 6.72. The second-order valence-electron chi connectivity index (χ2n) is 3.80.